The van der Waals surface area contributed by atoms with Crippen molar-refractivity contribution >= 4 is 19.5 Å². The Bertz CT molecular complexity index is 618. The molecule has 2 rings (SSSR count). The molecule has 0 saturated heterocycles. The molecule has 2 aromatic carbocycles. The van der Waals surface area contributed by atoms with Gasteiger partial charge in [-0.2, -0.15) is 0 Å². The minimum atomic E-state index is -0.614. The van der Waals surface area contributed by atoms with Crippen molar-refractivity contribution in [2.45, 2.75) is 0 Å². The molecule has 0 aliphatic rings. The Morgan fingerprint density at radius 2 is 1.14 bits per heavy atom. The Morgan fingerprint density at radius 1 is 0.762 bits per heavy atom. The van der Waals surface area contributed by atoms with Gasteiger partial charge in [-0.05, 0) is 24.3 Å². The fourth-order valence-corrected chi connectivity index (χ4v) is 1.67. The van der Waals surface area contributed by atoms with Gasteiger partial charge in [0.05, 0.1) is 11.1 Å². The van der Waals surface area contributed by atoms with E-state index >= 15 is 0 Å². The van der Waals surface area contributed by atoms with Gasteiger partial charge in [0, 0.05) is 0 Å². The molecule has 2 amide bonds. The van der Waals surface area contributed by atoms with Crippen LogP contribution >= 0.6 is 0 Å². The number of carbonyl (C=O) groups excluding carboxylic acids is 2. The first-order chi connectivity index (χ1) is 10.1. The normalized spacial score (nSPS) is 9.71. The number of amides is 2. The van der Waals surface area contributed by atoms with Gasteiger partial charge in [0.15, 0.2) is 0 Å². The molecule has 0 aromatic heterocycles. The Morgan fingerprint density at radius 3 is 1.52 bits per heavy atom. The average molecular weight is 283 g/mol. The molecule has 0 aliphatic heterocycles. The third kappa shape index (κ3) is 3.53. The lowest BCUT2D eigenvalue weighted by molar-refractivity contribution is 0.0990. The minimum absolute atomic E-state index is 0.223. The van der Waals surface area contributed by atoms with Gasteiger partial charge in [-0.25, -0.2) is 0 Å². The molecular weight excluding hydrogens is 271 g/mol. The van der Waals surface area contributed by atoms with Crippen LogP contribution in [-0.4, -0.2) is 19.5 Å². The highest BCUT2D eigenvalue weighted by atomic mass is 16.6. The summed E-state index contributed by atoms with van der Waals surface area (Å²) in [6.45, 7) is 0. The second-order valence-corrected chi connectivity index (χ2v) is 4.05. The third-order valence-corrected chi connectivity index (χ3v) is 2.66. The van der Waals surface area contributed by atoms with Crippen LogP contribution < -0.4 is 20.8 Å². The molecule has 4 N–H and O–H groups in total. The van der Waals surface area contributed by atoms with Gasteiger partial charge in [-0.3, -0.25) is 9.59 Å². The number of primary amides is 2. The number of carbonyl (C=O) groups is 2. The largest absolute Gasteiger partial charge is 0.658 e. The van der Waals surface area contributed by atoms with Gasteiger partial charge < -0.3 is 20.8 Å². The predicted molar refractivity (Wildman–Crippen MR) is 76.9 cm³/mol. The van der Waals surface area contributed by atoms with Crippen LogP contribution in [0.25, 0.3) is 0 Å². The van der Waals surface area contributed by atoms with E-state index in [9.17, 15) is 9.59 Å². The number of nitrogens with two attached hydrogens (primary N) is 2. The Balaban J connectivity index is 2.06. The van der Waals surface area contributed by atoms with Crippen molar-refractivity contribution in [3.05, 3.63) is 59.7 Å². The van der Waals surface area contributed by atoms with Crippen LogP contribution in [0, 0.1) is 0 Å². The van der Waals surface area contributed by atoms with Crippen molar-refractivity contribution < 1.29 is 18.9 Å². The van der Waals surface area contributed by atoms with Gasteiger partial charge >= 0.3 is 7.69 Å². The van der Waals surface area contributed by atoms with E-state index in [0.29, 0.717) is 0 Å². The van der Waals surface area contributed by atoms with Crippen molar-refractivity contribution in [2.75, 3.05) is 0 Å². The molecule has 0 atom stereocenters. The Hall–Kier alpha value is -2.96. The van der Waals surface area contributed by atoms with Crippen molar-refractivity contribution in [1.82, 2.24) is 0 Å². The van der Waals surface area contributed by atoms with Gasteiger partial charge in [0.1, 0.15) is 11.5 Å². The summed E-state index contributed by atoms with van der Waals surface area (Å²) in [6.07, 6.45) is 0. The summed E-state index contributed by atoms with van der Waals surface area (Å²) in [7, 11) is 1.00. The van der Waals surface area contributed by atoms with E-state index in [1.54, 1.807) is 36.4 Å². The van der Waals surface area contributed by atoms with Crippen LogP contribution in [0.2, 0.25) is 0 Å². The molecule has 105 valence electrons. The Kier molecular flexibility index (Phi) is 4.45. The number of hydrogen-bond acceptors (Lipinski definition) is 4. The standard InChI is InChI=1S/C14H12BN2O4/c16-13(18)9-5-1-3-7-11(9)20-15-21-12-8-4-2-6-10(12)14(17)19/h1-8H,(H2,16,18)(H2,17,19). The van der Waals surface area contributed by atoms with E-state index in [1.807, 2.05) is 0 Å². The fraction of sp³-hybridized carbons (Fsp3) is 0. The second kappa shape index (κ2) is 6.47. The number of para-hydroxylation sites is 2. The fourth-order valence-electron chi connectivity index (χ4n) is 1.67. The molecule has 0 aliphatic carbocycles. The molecule has 7 heteroatoms. The van der Waals surface area contributed by atoms with Crippen LogP contribution in [0.5, 0.6) is 11.5 Å². The lowest BCUT2D eigenvalue weighted by Gasteiger charge is -2.10. The highest BCUT2D eigenvalue weighted by molar-refractivity contribution is 6.21. The molecule has 0 heterocycles. The monoisotopic (exact) mass is 283 g/mol. The van der Waals surface area contributed by atoms with Gasteiger partial charge in [-0.15, -0.1) is 0 Å². The van der Waals surface area contributed by atoms with Crippen LogP contribution in [0.1, 0.15) is 20.7 Å². The summed E-state index contributed by atoms with van der Waals surface area (Å²) in [5.41, 5.74) is 10.9. The van der Waals surface area contributed by atoms with Crippen LogP contribution in [-0.2, 0) is 0 Å². The van der Waals surface area contributed by atoms with Gasteiger partial charge in [0.2, 0.25) is 0 Å². The zero-order chi connectivity index (χ0) is 15.2. The van der Waals surface area contributed by atoms with Crippen LogP contribution in [0.15, 0.2) is 48.5 Å². The van der Waals surface area contributed by atoms with E-state index < -0.39 is 11.8 Å². The summed E-state index contributed by atoms with van der Waals surface area (Å²) in [5, 5.41) is 0. The molecule has 0 saturated carbocycles. The van der Waals surface area contributed by atoms with Gasteiger partial charge in [0.25, 0.3) is 11.8 Å². The van der Waals surface area contributed by atoms with E-state index in [-0.39, 0.29) is 22.6 Å². The molecule has 0 unspecified atom stereocenters. The SMILES string of the molecule is NC(=O)c1ccccc1O[B]Oc1ccccc1C(N)=O. The molecule has 0 fully saturated rings. The van der Waals surface area contributed by atoms with Crippen molar-refractivity contribution in [3.63, 3.8) is 0 Å². The van der Waals surface area contributed by atoms with Gasteiger partial charge in [-0.1, -0.05) is 24.3 Å². The highest BCUT2D eigenvalue weighted by Gasteiger charge is 2.13. The van der Waals surface area contributed by atoms with Crippen molar-refractivity contribution in [2.24, 2.45) is 11.5 Å². The molecular formula is C14H12BN2O4. The molecule has 21 heavy (non-hydrogen) atoms. The molecule has 6 nitrogen and oxygen atoms in total. The first-order valence-electron chi connectivity index (χ1n) is 6.02. The summed E-state index contributed by atoms with van der Waals surface area (Å²) in [5.74, 6) is -0.726. The summed E-state index contributed by atoms with van der Waals surface area (Å²) < 4.78 is 10.5. The van der Waals surface area contributed by atoms with Crippen molar-refractivity contribution in [3.8, 4) is 11.5 Å². The predicted octanol–water partition coefficient (Wildman–Crippen LogP) is 0.876. The number of benzene rings is 2. The topological polar surface area (TPSA) is 105 Å². The van der Waals surface area contributed by atoms with E-state index in [4.69, 9.17) is 20.8 Å². The maximum atomic E-state index is 11.2. The lowest BCUT2D eigenvalue weighted by atomic mass is 10.1. The highest BCUT2D eigenvalue weighted by Crippen LogP contribution is 2.19. The quantitative estimate of drug-likeness (QED) is 0.767. The van der Waals surface area contributed by atoms with Crippen LogP contribution in [0.3, 0.4) is 0 Å². The van der Waals surface area contributed by atoms with Crippen molar-refractivity contribution in [1.29, 1.82) is 0 Å². The molecule has 0 spiro atoms. The van der Waals surface area contributed by atoms with E-state index in [2.05, 4.69) is 0 Å². The second-order valence-electron chi connectivity index (χ2n) is 4.05. The zero-order valence-electron chi connectivity index (χ0n) is 11.0. The molecule has 1 radical (unpaired) electrons. The summed E-state index contributed by atoms with van der Waals surface area (Å²) in [4.78, 5) is 22.4. The lowest BCUT2D eigenvalue weighted by Crippen LogP contribution is -2.18. The number of rotatable bonds is 6. The molecule has 2 aromatic rings. The first kappa shape index (κ1) is 14.5. The van der Waals surface area contributed by atoms with E-state index in [1.165, 1.54) is 12.1 Å². The number of hydrogen-bond donors (Lipinski definition) is 2. The minimum Gasteiger partial charge on any atom is -0.526 e. The summed E-state index contributed by atoms with van der Waals surface area (Å²) >= 11 is 0. The maximum absolute atomic E-state index is 11.2. The average Bonchev–Trinajstić information content (AvgIpc) is 2.48. The molecule has 0 bridgehead atoms. The van der Waals surface area contributed by atoms with Crippen LogP contribution in [0.4, 0.5) is 0 Å². The smallest absolute Gasteiger partial charge is 0.526 e. The maximum Gasteiger partial charge on any atom is 0.658 e. The first-order valence-corrected chi connectivity index (χ1v) is 6.02. The third-order valence-electron chi connectivity index (χ3n) is 2.66. The van der Waals surface area contributed by atoms with E-state index in [0.717, 1.165) is 7.69 Å². The Labute approximate surface area is 122 Å². The summed E-state index contributed by atoms with van der Waals surface area (Å²) in [6, 6.07) is 12.9. The zero-order valence-corrected chi connectivity index (χ0v) is 11.0.